The highest BCUT2D eigenvalue weighted by Gasteiger charge is 2.31. The van der Waals surface area contributed by atoms with Gasteiger partial charge in [-0.3, -0.25) is 14.2 Å². The molecule has 0 fully saturated rings. The molecule has 5 rings (SSSR count). The minimum atomic E-state index is -0.538. The summed E-state index contributed by atoms with van der Waals surface area (Å²) in [6.45, 7) is 0.305. The number of benzene rings is 3. The lowest BCUT2D eigenvalue weighted by molar-refractivity contribution is 0.103. The van der Waals surface area contributed by atoms with Gasteiger partial charge in [-0.15, -0.1) is 0 Å². The minimum Gasteiger partial charge on any atom is -0.487 e. The van der Waals surface area contributed by atoms with E-state index < -0.39 is 11.6 Å². The summed E-state index contributed by atoms with van der Waals surface area (Å²) < 4.78 is 20.7. The monoisotopic (exact) mass is 372 g/mol. The number of nitrogens with zero attached hydrogens (tertiary/aromatic N) is 2. The fourth-order valence-corrected chi connectivity index (χ4v) is 3.42. The summed E-state index contributed by atoms with van der Waals surface area (Å²) in [6, 6.07) is 18.4. The number of hydrogen-bond acceptors (Lipinski definition) is 4. The maximum absolute atomic E-state index is 13.6. The van der Waals surface area contributed by atoms with Gasteiger partial charge >= 0.3 is 0 Å². The van der Waals surface area contributed by atoms with E-state index in [1.807, 2.05) is 30.3 Å². The fourth-order valence-electron chi connectivity index (χ4n) is 3.42. The fraction of sp³-hybridized carbons (Fsp3) is 0.0455. The number of hydrogen-bond donors (Lipinski definition) is 0. The second-order valence-electron chi connectivity index (χ2n) is 6.49. The third-order valence-electron chi connectivity index (χ3n) is 4.75. The molecule has 2 heterocycles. The molecule has 5 nitrogen and oxygen atoms in total. The summed E-state index contributed by atoms with van der Waals surface area (Å²) >= 11 is 0. The number of carbonyl (C=O) groups excluding carboxylic acids is 1. The van der Waals surface area contributed by atoms with Gasteiger partial charge in [0.05, 0.1) is 16.6 Å². The van der Waals surface area contributed by atoms with Crippen molar-refractivity contribution in [3.63, 3.8) is 0 Å². The van der Waals surface area contributed by atoms with Crippen LogP contribution in [-0.2, 0) is 6.61 Å². The summed E-state index contributed by atoms with van der Waals surface area (Å²) in [5.41, 5.74) is 1.37. The zero-order valence-corrected chi connectivity index (χ0v) is 14.6. The molecule has 0 aliphatic carbocycles. The van der Waals surface area contributed by atoms with Crippen molar-refractivity contribution in [2.75, 3.05) is 0 Å². The van der Waals surface area contributed by atoms with E-state index in [0.717, 1.165) is 11.6 Å². The van der Waals surface area contributed by atoms with Crippen LogP contribution in [0.2, 0.25) is 0 Å². The number of rotatable bonds is 3. The molecular formula is C22H13FN2O3. The molecule has 0 unspecified atom stereocenters. The molecule has 1 aliphatic heterocycles. The van der Waals surface area contributed by atoms with Crippen LogP contribution in [0.3, 0.4) is 0 Å². The maximum Gasteiger partial charge on any atom is 0.266 e. The molecule has 28 heavy (non-hydrogen) atoms. The molecule has 1 aliphatic rings. The van der Waals surface area contributed by atoms with Crippen molar-refractivity contribution in [1.29, 1.82) is 0 Å². The number of aromatic nitrogens is 2. The predicted octanol–water partition coefficient (Wildman–Crippen LogP) is 3.65. The number of ketones is 1. The van der Waals surface area contributed by atoms with E-state index in [9.17, 15) is 14.0 Å². The Bertz CT molecular complexity index is 1310. The Labute approximate surface area is 158 Å². The lowest BCUT2D eigenvalue weighted by Crippen LogP contribution is -2.21. The highest BCUT2D eigenvalue weighted by Crippen LogP contribution is 2.29. The molecule has 136 valence electrons. The Balaban J connectivity index is 1.66. The average Bonchev–Trinajstić information content (AvgIpc) is 2.99. The molecule has 1 aromatic heterocycles. The lowest BCUT2D eigenvalue weighted by atomic mass is 10.1. The summed E-state index contributed by atoms with van der Waals surface area (Å²) in [7, 11) is 0. The molecule has 0 atom stereocenters. The van der Waals surface area contributed by atoms with E-state index in [0.29, 0.717) is 28.9 Å². The molecule has 4 aromatic rings. The summed E-state index contributed by atoms with van der Waals surface area (Å²) in [5, 5.41) is 0.333. The van der Waals surface area contributed by atoms with E-state index in [1.54, 1.807) is 18.2 Å². The molecule has 6 heteroatoms. The van der Waals surface area contributed by atoms with Gasteiger partial charge < -0.3 is 4.74 Å². The third-order valence-corrected chi connectivity index (χ3v) is 4.75. The SMILES string of the molecule is O=C1c2cc(F)ccc2-n2c1nc1c(OCc3ccccc3)cccc1c2=O. The second kappa shape index (κ2) is 6.13. The number of carbonyl (C=O) groups is 1. The molecule has 0 N–H and O–H groups in total. The number of ether oxygens (including phenoxy) is 1. The first-order chi connectivity index (χ1) is 13.6. The number of halogens is 1. The highest BCUT2D eigenvalue weighted by molar-refractivity contribution is 6.13. The van der Waals surface area contributed by atoms with Gasteiger partial charge in [-0.05, 0) is 35.9 Å². The summed E-state index contributed by atoms with van der Waals surface area (Å²) in [4.78, 5) is 30.2. The van der Waals surface area contributed by atoms with Crippen LogP contribution < -0.4 is 10.3 Å². The first-order valence-corrected chi connectivity index (χ1v) is 8.70. The predicted molar refractivity (Wildman–Crippen MR) is 102 cm³/mol. The summed E-state index contributed by atoms with van der Waals surface area (Å²) in [5.74, 6) is -0.638. The van der Waals surface area contributed by atoms with Gasteiger partial charge in [0.1, 0.15) is 23.7 Å². The third kappa shape index (κ3) is 2.42. The molecule has 0 saturated heterocycles. The van der Waals surface area contributed by atoms with E-state index in [1.165, 1.54) is 16.7 Å². The Kier molecular flexibility index (Phi) is 3.58. The van der Waals surface area contributed by atoms with E-state index in [4.69, 9.17) is 4.74 Å². The average molecular weight is 372 g/mol. The van der Waals surface area contributed by atoms with Gasteiger partial charge in [0.15, 0.2) is 5.82 Å². The van der Waals surface area contributed by atoms with Gasteiger partial charge in [-0.2, -0.15) is 0 Å². The first kappa shape index (κ1) is 16.4. The van der Waals surface area contributed by atoms with Crippen molar-refractivity contribution in [3.8, 4) is 11.4 Å². The van der Waals surface area contributed by atoms with Crippen molar-refractivity contribution in [2.24, 2.45) is 0 Å². The van der Waals surface area contributed by atoms with Crippen LogP contribution >= 0.6 is 0 Å². The number of fused-ring (bicyclic) bond motifs is 4. The molecule has 0 bridgehead atoms. The normalized spacial score (nSPS) is 12.1. The van der Waals surface area contributed by atoms with Crippen LogP contribution in [0.5, 0.6) is 5.75 Å². The zero-order valence-electron chi connectivity index (χ0n) is 14.6. The first-order valence-electron chi connectivity index (χ1n) is 8.70. The van der Waals surface area contributed by atoms with Crippen LogP contribution in [-0.4, -0.2) is 15.3 Å². The summed E-state index contributed by atoms with van der Waals surface area (Å²) in [6.07, 6.45) is 0. The maximum atomic E-state index is 13.6. The molecule has 0 radical (unpaired) electrons. The zero-order chi connectivity index (χ0) is 19.3. The quantitative estimate of drug-likeness (QED) is 0.485. The van der Waals surface area contributed by atoms with Crippen molar-refractivity contribution < 1.29 is 13.9 Å². The van der Waals surface area contributed by atoms with E-state index in [-0.39, 0.29) is 16.9 Å². The Morgan fingerprint density at radius 1 is 0.964 bits per heavy atom. The molecule has 0 saturated carbocycles. The van der Waals surface area contributed by atoms with Crippen molar-refractivity contribution >= 4 is 16.7 Å². The Morgan fingerprint density at radius 2 is 1.79 bits per heavy atom. The Hall–Kier alpha value is -3.80. The Morgan fingerprint density at radius 3 is 2.61 bits per heavy atom. The van der Waals surface area contributed by atoms with Crippen LogP contribution in [0.25, 0.3) is 16.6 Å². The van der Waals surface area contributed by atoms with Gasteiger partial charge in [-0.1, -0.05) is 36.4 Å². The van der Waals surface area contributed by atoms with Crippen molar-refractivity contribution in [2.45, 2.75) is 6.61 Å². The minimum absolute atomic E-state index is 0.0335. The topological polar surface area (TPSA) is 61.2 Å². The molecule has 0 amide bonds. The lowest BCUT2D eigenvalue weighted by Gasteiger charge is -2.10. The number of para-hydroxylation sites is 1. The van der Waals surface area contributed by atoms with E-state index >= 15 is 0 Å². The van der Waals surface area contributed by atoms with Crippen LogP contribution in [0.15, 0.2) is 71.5 Å². The molecule has 3 aromatic carbocycles. The highest BCUT2D eigenvalue weighted by atomic mass is 19.1. The van der Waals surface area contributed by atoms with Crippen LogP contribution in [0.4, 0.5) is 4.39 Å². The second-order valence-corrected chi connectivity index (χ2v) is 6.49. The van der Waals surface area contributed by atoms with Gasteiger partial charge in [-0.25, -0.2) is 9.37 Å². The smallest absolute Gasteiger partial charge is 0.266 e. The van der Waals surface area contributed by atoms with Gasteiger partial charge in [0.25, 0.3) is 5.56 Å². The van der Waals surface area contributed by atoms with Crippen LogP contribution in [0, 0.1) is 5.82 Å². The largest absolute Gasteiger partial charge is 0.487 e. The molecule has 0 spiro atoms. The van der Waals surface area contributed by atoms with Crippen molar-refractivity contribution in [3.05, 3.63) is 99.9 Å². The van der Waals surface area contributed by atoms with Crippen LogP contribution in [0.1, 0.15) is 21.7 Å². The van der Waals surface area contributed by atoms with Crippen molar-refractivity contribution in [1.82, 2.24) is 9.55 Å². The van der Waals surface area contributed by atoms with Gasteiger partial charge in [0, 0.05) is 0 Å². The van der Waals surface area contributed by atoms with E-state index in [2.05, 4.69) is 4.98 Å². The standard InChI is InChI=1S/C22H13FN2O3/c23-14-9-10-17-16(11-14)20(26)21-24-19-15(22(27)25(17)21)7-4-8-18(19)28-12-13-5-2-1-3-6-13/h1-11H,12H2. The van der Waals surface area contributed by atoms with Gasteiger partial charge in [0.2, 0.25) is 5.78 Å². The molecular weight excluding hydrogens is 359 g/mol.